The minimum absolute atomic E-state index is 0.00534. The highest BCUT2D eigenvalue weighted by Crippen LogP contribution is 2.42. The zero-order valence-corrected chi connectivity index (χ0v) is 19.7. The van der Waals surface area contributed by atoms with Gasteiger partial charge in [-0.3, -0.25) is 0 Å². The van der Waals surface area contributed by atoms with Gasteiger partial charge in [-0.25, -0.2) is 4.79 Å². The Morgan fingerprint density at radius 3 is 2.81 bits per heavy atom. The van der Waals surface area contributed by atoms with E-state index >= 15 is 0 Å². The van der Waals surface area contributed by atoms with Crippen LogP contribution in [0.3, 0.4) is 0 Å². The highest BCUT2D eigenvalue weighted by atomic mass is 32.1. The van der Waals surface area contributed by atoms with Gasteiger partial charge in [-0.2, -0.15) is 0 Å². The molecular weight excluding hydrogens is 420 g/mol. The van der Waals surface area contributed by atoms with Gasteiger partial charge in [0.15, 0.2) is 0 Å². The number of fused-ring (bicyclic) bond motifs is 5. The normalized spacial score (nSPS) is 17.8. The van der Waals surface area contributed by atoms with Crippen molar-refractivity contribution in [2.75, 3.05) is 25.5 Å². The first-order valence-electron chi connectivity index (χ1n) is 11.4. The third-order valence-corrected chi connectivity index (χ3v) is 7.72. The Morgan fingerprint density at radius 1 is 1.16 bits per heavy atom. The summed E-state index contributed by atoms with van der Waals surface area (Å²) in [5.41, 5.74) is 4.63. The van der Waals surface area contributed by atoms with E-state index in [-0.39, 0.29) is 12.1 Å². The quantitative estimate of drug-likeness (QED) is 0.577. The van der Waals surface area contributed by atoms with Crippen LogP contribution in [0, 0.1) is 0 Å². The molecule has 2 aliphatic heterocycles. The fourth-order valence-electron chi connectivity index (χ4n) is 4.91. The van der Waals surface area contributed by atoms with E-state index in [1.165, 1.54) is 26.7 Å². The molecule has 3 aromatic rings. The molecule has 2 aromatic heterocycles. The predicted molar refractivity (Wildman–Crippen MR) is 129 cm³/mol. The summed E-state index contributed by atoms with van der Waals surface area (Å²) in [5.74, 6) is 0.700. The lowest BCUT2D eigenvalue weighted by atomic mass is 10.0. The second-order valence-electron chi connectivity index (χ2n) is 8.49. The standard InChI is InChI=1S/C25H30N4O2S/c1-4-20-21-10-8-13-28(21)24-18(17-12-14-27(3)16-23(17)32-24)15-29(20)25(30)26-19-9-6-7-11-22(19)31-5-2/h6-11,13,20H,4-5,12,14-16H2,1-3H3,(H,26,30). The van der Waals surface area contributed by atoms with E-state index in [0.29, 0.717) is 24.6 Å². The van der Waals surface area contributed by atoms with Crippen LogP contribution in [0.25, 0.3) is 5.00 Å². The van der Waals surface area contributed by atoms with Gasteiger partial charge in [-0.15, -0.1) is 11.3 Å². The molecule has 2 amide bonds. The monoisotopic (exact) mass is 450 g/mol. The molecule has 4 heterocycles. The molecule has 1 atom stereocenters. The minimum Gasteiger partial charge on any atom is -0.492 e. The maximum Gasteiger partial charge on any atom is 0.322 e. The van der Waals surface area contributed by atoms with Gasteiger partial charge in [0.2, 0.25) is 0 Å². The first-order chi connectivity index (χ1) is 15.6. The average Bonchev–Trinajstić information content (AvgIpc) is 3.37. The van der Waals surface area contributed by atoms with Crippen molar-refractivity contribution in [1.29, 1.82) is 0 Å². The number of amides is 2. The van der Waals surface area contributed by atoms with Crippen LogP contribution >= 0.6 is 11.3 Å². The summed E-state index contributed by atoms with van der Waals surface area (Å²) in [7, 11) is 2.18. The summed E-state index contributed by atoms with van der Waals surface area (Å²) in [6, 6.07) is 11.8. The number of urea groups is 1. The van der Waals surface area contributed by atoms with Crippen molar-refractivity contribution in [1.82, 2.24) is 14.4 Å². The van der Waals surface area contributed by atoms with Crippen molar-refractivity contribution < 1.29 is 9.53 Å². The molecule has 1 N–H and O–H groups in total. The zero-order valence-electron chi connectivity index (χ0n) is 18.9. The van der Waals surface area contributed by atoms with Gasteiger partial charge in [0.25, 0.3) is 0 Å². The molecule has 1 aromatic carbocycles. The molecule has 0 bridgehead atoms. The van der Waals surface area contributed by atoms with Gasteiger partial charge < -0.3 is 24.4 Å². The molecule has 0 fully saturated rings. The lowest BCUT2D eigenvalue weighted by Gasteiger charge is -2.31. The Labute approximate surface area is 193 Å². The molecule has 0 aliphatic carbocycles. The fraction of sp³-hybridized carbons (Fsp3) is 0.400. The number of carbonyl (C=O) groups excluding carboxylic acids is 1. The van der Waals surface area contributed by atoms with E-state index in [2.05, 4.69) is 47.1 Å². The largest absolute Gasteiger partial charge is 0.492 e. The number of nitrogens with one attached hydrogen (secondary N) is 1. The van der Waals surface area contributed by atoms with Gasteiger partial charge in [-0.1, -0.05) is 19.1 Å². The SMILES string of the molecule is CCOc1ccccc1NC(=O)N1Cc2c(sc3c2CCN(C)C3)-n2cccc2C1CC. The number of hydrogen-bond donors (Lipinski definition) is 1. The van der Waals surface area contributed by atoms with E-state index in [1.807, 2.05) is 47.4 Å². The van der Waals surface area contributed by atoms with Crippen LogP contribution in [0.4, 0.5) is 10.5 Å². The van der Waals surface area contributed by atoms with E-state index in [1.54, 1.807) is 0 Å². The molecule has 0 radical (unpaired) electrons. The lowest BCUT2D eigenvalue weighted by Crippen LogP contribution is -2.37. The Morgan fingerprint density at radius 2 is 2.00 bits per heavy atom. The highest BCUT2D eigenvalue weighted by Gasteiger charge is 2.34. The van der Waals surface area contributed by atoms with E-state index < -0.39 is 0 Å². The number of nitrogens with zero attached hydrogens (tertiary/aromatic N) is 3. The second kappa shape index (κ2) is 8.64. The van der Waals surface area contributed by atoms with Crippen LogP contribution in [-0.2, 0) is 19.5 Å². The Kier molecular flexibility index (Phi) is 5.69. The van der Waals surface area contributed by atoms with Gasteiger partial charge >= 0.3 is 6.03 Å². The fourth-order valence-corrected chi connectivity index (χ4v) is 6.35. The number of hydrogen-bond acceptors (Lipinski definition) is 4. The molecule has 5 rings (SSSR count). The predicted octanol–water partition coefficient (Wildman–Crippen LogP) is 5.42. The van der Waals surface area contributed by atoms with Crippen molar-refractivity contribution in [3.63, 3.8) is 0 Å². The van der Waals surface area contributed by atoms with Crippen molar-refractivity contribution in [3.8, 4) is 10.8 Å². The molecule has 0 saturated heterocycles. The summed E-state index contributed by atoms with van der Waals surface area (Å²) in [5, 5.41) is 4.41. The lowest BCUT2D eigenvalue weighted by molar-refractivity contribution is 0.181. The molecule has 32 heavy (non-hydrogen) atoms. The van der Waals surface area contributed by atoms with Gasteiger partial charge in [0, 0.05) is 35.4 Å². The van der Waals surface area contributed by atoms with Crippen molar-refractivity contribution in [2.24, 2.45) is 0 Å². The molecule has 0 spiro atoms. The maximum atomic E-state index is 13.7. The van der Waals surface area contributed by atoms with Crippen LogP contribution < -0.4 is 10.1 Å². The first kappa shape index (κ1) is 21.1. The van der Waals surface area contributed by atoms with Crippen LogP contribution in [0.15, 0.2) is 42.6 Å². The Bertz CT molecular complexity index is 1130. The van der Waals surface area contributed by atoms with Crippen LogP contribution in [0.1, 0.15) is 48.0 Å². The van der Waals surface area contributed by atoms with Crippen molar-refractivity contribution in [2.45, 2.75) is 45.8 Å². The maximum absolute atomic E-state index is 13.7. The minimum atomic E-state index is -0.0857. The number of rotatable bonds is 4. The topological polar surface area (TPSA) is 49.7 Å². The number of benzene rings is 1. The van der Waals surface area contributed by atoms with Crippen LogP contribution in [0.5, 0.6) is 5.75 Å². The molecule has 7 heteroatoms. The molecule has 168 valence electrons. The van der Waals surface area contributed by atoms with Crippen molar-refractivity contribution >= 4 is 23.1 Å². The third kappa shape index (κ3) is 3.59. The molecular formula is C25H30N4O2S. The number of thiophene rings is 1. The molecule has 0 saturated carbocycles. The number of anilines is 1. The summed E-state index contributed by atoms with van der Waals surface area (Å²) >= 11 is 1.88. The van der Waals surface area contributed by atoms with E-state index in [4.69, 9.17) is 4.74 Å². The number of para-hydroxylation sites is 2. The number of likely N-dealkylation sites (N-methyl/N-ethyl adjacent to an activating group) is 1. The molecule has 2 aliphatic rings. The average molecular weight is 451 g/mol. The number of carbonyl (C=O) groups is 1. The third-order valence-electron chi connectivity index (χ3n) is 6.46. The van der Waals surface area contributed by atoms with E-state index in [0.717, 1.165) is 25.9 Å². The zero-order chi connectivity index (χ0) is 22.2. The summed E-state index contributed by atoms with van der Waals surface area (Å²) in [4.78, 5) is 19.5. The van der Waals surface area contributed by atoms with Crippen LogP contribution in [0.2, 0.25) is 0 Å². The smallest absolute Gasteiger partial charge is 0.322 e. The summed E-state index contributed by atoms with van der Waals surface area (Å²) in [6.45, 7) is 7.32. The molecule has 6 nitrogen and oxygen atoms in total. The van der Waals surface area contributed by atoms with Gasteiger partial charge in [0.05, 0.1) is 24.9 Å². The summed E-state index contributed by atoms with van der Waals surface area (Å²) in [6.07, 6.45) is 4.03. The Hall–Kier alpha value is -2.77. The van der Waals surface area contributed by atoms with Gasteiger partial charge in [-0.05, 0) is 56.6 Å². The highest BCUT2D eigenvalue weighted by molar-refractivity contribution is 7.15. The number of aromatic nitrogens is 1. The van der Waals surface area contributed by atoms with Gasteiger partial charge in [0.1, 0.15) is 10.8 Å². The van der Waals surface area contributed by atoms with Crippen LogP contribution in [-0.4, -0.2) is 40.6 Å². The second-order valence-corrected chi connectivity index (χ2v) is 9.57. The number of ether oxygens (including phenoxy) is 1. The van der Waals surface area contributed by atoms with Crippen molar-refractivity contribution in [3.05, 3.63) is 64.3 Å². The summed E-state index contributed by atoms with van der Waals surface area (Å²) < 4.78 is 8.05. The Balaban J connectivity index is 1.54. The first-order valence-corrected chi connectivity index (χ1v) is 12.2. The van der Waals surface area contributed by atoms with E-state index in [9.17, 15) is 4.79 Å². The molecule has 1 unspecified atom stereocenters.